The van der Waals surface area contributed by atoms with Gasteiger partial charge < -0.3 is 14.4 Å². The quantitative estimate of drug-likeness (QED) is 0.941. The average Bonchev–Trinajstić information content (AvgIpc) is 3.15. The minimum absolute atomic E-state index is 0.0378. The molecule has 6 nitrogen and oxygen atoms in total. The Balaban J connectivity index is 1.72. The molecule has 2 aromatic rings. The smallest absolute Gasteiger partial charge is 0.270 e. The summed E-state index contributed by atoms with van der Waals surface area (Å²) in [5.41, 5.74) is 0.515. The summed E-state index contributed by atoms with van der Waals surface area (Å²) in [4.78, 5) is 21.7. The minimum Gasteiger partial charge on any atom is -0.356 e. The Bertz CT molecular complexity index is 664. The van der Waals surface area contributed by atoms with E-state index in [1.165, 1.54) is 0 Å². The molecule has 3 rings (SSSR count). The van der Waals surface area contributed by atoms with Gasteiger partial charge in [-0.1, -0.05) is 30.6 Å². The van der Waals surface area contributed by atoms with Crippen molar-refractivity contribution in [3.05, 3.63) is 34.7 Å². The van der Waals surface area contributed by atoms with Crippen molar-refractivity contribution in [3.8, 4) is 0 Å². The minimum atomic E-state index is -0.0378. The molecule has 0 unspecified atom stereocenters. The number of carbonyl (C=O) groups excluding carboxylic acids is 1. The molecule has 2 aromatic heterocycles. The Morgan fingerprint density at radius 1 is 1.55 bits per heavy atom. The van der Waals surface area contributed by atoms with Crippen molar-refractivity contribution in [1.29, 1.82) is 0 Å². The molecule has 0 aliphatic carbocycles. The van der Waals surface area contributed by atoms with E-state index in [4.69, 9.17) is 16.1 Å². The van der Waals surface area contributed by atoms with E-state index in [-0.39, 0.29) is 17.7 Å². The van der Waals surface area contributed by atoms with Crippen LogP contribution in [0.5, 0.6) is 0 Å². The number of likely N-dealkylation sites (tertiary alicyclic amines) is 1. The third-order valence-electron chi connectivity index (χ3n) is 3.90. The summed E-state index contributed by atoms with van der Waals surface area (Å²) in [6, 6.07) is 1.65. The number of halogens is 1. The van der Waals surface area contributed by atoms with Gasteiger partial charge >= 0.3 is 0 Å². The lowest BCUT2D eigenvalue weighted by molar-refractivity contribution is 0.0698. The topological polar surface area (TPSA) is 75.0 Å². The predicted octanol–water partition coefficient (Wildman–Crippen LogP) is 3.19. The third kappa shape index (κ3) is 3.02. The second-order valence-electron chi connectivity index (χ2n) is 5.97. The number of nitrogens with one attached hydrogen (secondary N) is 1. The van der Waals surface area contributed by atoms with Crippen LogP contribution >= 0.6 is 11.6 Å². The first-order valence-corrected chi connectivity index (χ1v) is 7.89. The van der Waals surface area contributed by atoms with Gasteiger partial charge in [0.15, 0.2) is 5.82 Å². The Morgan fingerprint density at radius 2 is 2.36 bits per heavy atom. The van der Waals surface area contributed by atoms with Crippen molar-refractivity contribution in [2.75, 3.05) is 13.1 Å². The number of aromatic amines is 1. The number of hydrogen-bond donors (Lipinski definition) is 1. The molecule has 1 fully saturated rings. The van der Waals surface area contributed by atoms with Gasteiger partial charge in [-0.3, -0.25) is 4.79 Å². The maximum atomic E-state index is 12.5. The Morgan fingerprint density at radius 3 is 3.00 bits per heavy atom. The van der Waals surface area contributed by atoms with E-state index in [2.05, 4.69) is 15.1 Å². The fourth-order valence-electron chi connectivity index (χ4n) is 2.68. The molecule has 1 atom stereocenters. The first kappa shape index (κ1) is 15.1. The average molecular weight is 323 g/mol. The van der Waals surface area contributed by atoms with Gasteiger partial charge in [0.05, 0.1) is 5.02 Å². The Kier molecular flexibility index (Phi) is 4.20. The first-order chi connectivity index (χ1) is 10.5. The zero-order valence-electron chi connectivity index (χ0n) is 12.7. The summed E-state index contributed by atoms with van der Waals surface area (Å²) in [6.07, 6.45) is 3.51. The number of rotatable bonds is 3. The van der Waals surface area contributed by atoms with Crippen LogP contribution in [-0.4, -0.2) is 39.0 Å². The van der Waals surface area contributed by atoms with Gasteiger partial charge in [0.2, 0.25) is 5.89 Å². The summed E-state index contributed by atoms with van der Waals surface area (Å²) in [5, 5.41) is 4.62. The summed E-state index contributed by atoms with van der Waals surface area (Å²) in [7, 11) is 0. The maximum Gasteiger partial charge on any atom is 0.270 e. The van der Waals surface area contributed by atoms with E-state index in [0.29, 0.717) is 29.0 Å². The lowest BCUT2D eigenvalue weighted by Gasteiger charge is -2.30. The monoisotopic (exact) mass is 322 g/mol. The number of aromatic nitrogens is 3. The zero-order chi connectivity index (χ0) is 15.7. The molecular weight excluding hydrogens is 304 g/mol. The van der Waals surface area contributed by atoms with Crippen molar-refractivity contribution >= 4 is 17.5 Å². The van der Waals surface area contributed by atoms with Crippen LogP contribution in [0, 0.1) is 0 Å². The summed E-state index contributed by atoms with van der Waals surface area (Å²) in [5.74, 6) is 1.65. The molecular formula is C15H19ClN4O2. The van der Waals surface area contributed by atoms with Crippen molar-refractivity contribution in [2.24, 2.45) is 0 Å². The molecule has 0 aromatic carbocycles. The van der Waals surface area contributed by atoms with Gasteiger partial charge in [-0.05, 0) is 18.9 Å². The van der Waals surface area contributed by atoms with E-state index in [1.807, 2.05) is 18.7 Å². The Labute approximate surface area is 133 Å². The molecule has 1 aliphatic rings. The highest BCUT2D eigenvalue weighted by molar-refractivity contribution is 6.30. The van der Waals surface area contributed by atoms with Gasteiger partial charge in [-0.2, -0.15) is 4.98 Å². The van der Waals surface area contributed by atoms with Crippen LogP contribution in [0.2, 0.25) is 5.02 Å². The fraction of sp³-hybridized carbons (Fsp3) is 0.533. The number of piperidine rings is 1. The number of H-pyrrole nitrogens is 1. The summed E-state index contributed by atoms with van der Waals surface area (Å²) >= 11 is 5.87. The molecule has 0 spiro atoms. The SMILES string of the molecule is CC(C)c1nc([C@H]2CCCN(C(=O)c3cc(Cl)c[nH]3)C2)no1. The van der Waals surface area contributed by atoms with E-state index in [1.54, 1.807) is 12.3 Å². The standard InChI is InChI=1S/C15H19ClN4O2/c1-9(2)14-18-13(19-22-14)10-4-3-5-20(8-10)15(21)12-6-11(16)7-17-12/h6-7,9-10,17H,3-5,8H2,1-2H3/t10-/m0/s1. The van der Waals surface area contributed by atoms with Gasteiger partial charge in [0, 0.05) is 31.1 Å². The number of nitrogens with zero attached hydrogens (tertiary/aromatic N) is 3. The highest BCUT2D eigenvalue weighted by atomic mass is 35.5. The van der Waals surface area contributed by atoms with Crippen LogP contribution in [0.4, 0.5) is 0 Å². The van der Waals surface area contributed by atoms with Gasteiger partial charge in [0.25, 0.3) is 5.91 Å². The number of amides is 1. The largest absolute Gasteiger partial charge is 0.356 e. The van der Waals surface area contributed by atoms with Crippen LogP contribution in [0.25, 0.3) is 0 Å². The number of carbonyl (C=O) groups is 1. The zero-order valence-corrected chi connectivity index (χ0v) is 13.4. The molecule has 7 heteroatoms. The van der Waals surface area contributed by atoms with Gasteiger partial charge in [0.1, 0.15) is 5.69 Å². The normalized spacial score (nSPS) is 18.9. The highest BCUT2D eigenvalue weighted by Crippen LogP contribution is 2.27. The molecule has 118 valence electrons. The molecule has 0 bridgehead atoms. The lowest BCUT2D eigenvalue weighted by Crippen LogP contribution is -2.39. The molecule has 22 heavy (non-hydrogen) atoms. The van der Waals surface area contributed by atoms with E-state index < -0.39 is 0 Å². The van der Waals surface area contributed by atoms with Crippen LogP contribution in [0.15, 0.2) is 16.8 Å². The Hall–Kier alpha value is -1.82. The highest BCUT2D eigenvalue weighted by Gasteiger charge is 2.29. The lowest BCUT2D eigenvalue weighted by atomic mass is 9.97. The molecule has 1 amide bonds. The third-order valence-corrected chi connectivity index (χ3v) is 4.12. The van der Waals surface area contributed by atoms with Crippen molar-refractivity contribution in [2.45, 2.75) is 38.5 Å². The second kappa shape index (κ2) is 6.12. The number of hydrogen-bond acceptors (Lipinski definition) is 4. The second-order valence-corrected chi connectivity index (χ2v) is 6.40. The first-order valence-electron chi connectivity index (χ1n) is 7.51. The molecule has 1 N–H and O–H groups in total. The summed E-state index contributed by atoms with van der Waals surface area (Å²) < 4.78 is 5.27. The van der Waals surface area contributed by atoms with Crippen LogP contribution in [-0.2, 0) is 0 Å². The van der Waals surface area contributed by atoms with Gasteiger partial charge in [-0.15, -0.1) is 0 Å². The van der Waals surface area contributed by atoms with Crippen molar-refractivity contribution in [1.82, 2.24) is 20.0 Å². The maximum absolute atomic E-state index is 12.5. The summed E-state index contributed by atoms with van der Waals surface area (Å²) in [6.45, 7) is 5.37. The van der Waals surface area contributed by atoms with Gasteiger partial charge in [-0.25, -0.2) is 0 Å². The predicted molar refractivity (Wildman–Crippen MR) is 82.1 cm³/mol. The van der Waals surface area contributed by atoms with Crippen LogP contribution in [0.1, 0.15) is 60.7 Å². The molecule has 3 heterocycles. The van der Waals surface area contributed by atoms with E-state index in [0.717, 1.165) is 19.4 Å². The van der Waals surface area contributed by atoms with E-state index >= 15 is 0 Å². The fourth-order valence-corrected chi connectivity index (χ4v) is 2.85. The van der Waals surface area contributed by atoms with E-state index in [9.17, 15) is 4.79 Å². The van der Waals surface area contributed by atoms with Crippen molar-refractivity contribution < 1.29 is 9.32 Å². The molecule has 0 saturated carbocycles. The van der Waals surface area contributed by atoms with Crippen molar-refractivity contribution in [3.63, 3.8) is 0 Å². The molecule has 1 aliphatic heterocycles. The van der Waals surface area contributed by atoms with Crippen LogP contribution < -0.4 is 0 Å². The molecule has 1 saturated heterocycles. The van der Waals surface area contributed by atoms with Crippen LogP contribution in [0.3, 0.4) is 0 Å². The molecule has 0 radical (unpaired) electrons.